The Labute approximate surface area is 176 Å². The van der Waals surface area contributed by atoms with E-state index in [1.165, 1.54) is 52.8 Å². The number of fused-ring (bicyclic) bond motifs is 4. The van der Waals surface area contributed by atoms with Crippen molar-refractivity contribution in [1.29, 1.82) is 0 Å². The molecule has 3 nitrogen and oxygen atoms in total. The highest BCUT2D eigenvalue weighted by Crippen LogP contribution is 2.38. The van der Waals surface area contributed by atoms with Gasteiger partial charge in [-0.15, -0.1) is 11.3 Å². The van der Waals surface area contributed by atoms with Gasteiger partial charge in [-0.3, -0.25) is 4.79 Å². The largest absolute Gasteiger partial charge is 0.378 e. The van der Waals surface area contributed by atoms with Crippen molar-refractivity contribution < 1.29 is 4.79 Å². The number of benzene rings is 2. The van der Waals surface area contributed by atoms with Crippen LogP contribution in [0.15, 0.2) is 48.5 Å². The number of rotatable bonds is 5. The molecule has 0 radical (unpaired) electrons. The van der Waals surface area contributed by atoms with Crippen LogP contribution < -0.4 is 4.90 Å². The maximum Gasteiger partial charge on any atom is 0.173 e. The lowest BCUT2D eigenvalue weighted by Gasteiger charge is -2.44. The SMILES string of the molecule is CN(C)c1ccc(-c2cccc3cc(C(=O)C[C@H]4CN5CCC4CC5)sc23)cc1. The molecule has 1 atom stereocenters. The molecule has 0 spiro atoms. The fourth-order valence-electron chi connectivity index (χ4n) is 5.02. The van der Waals surface area contributed by atoms with Crippen LogP contribution in [0.1, 0.15) is 28.9 Å². The van der Waals surface area contributed by atoms with Gasteiger partial charge >= 0.3 is 0 Å². The highest BCUT2D eigenvalue weighted by molar-refractivity contribution is 7.21. The molecule has 3 fully saturated rings. The molecule has 0 unspecified atom stereocenters. The zero-order valence-corrected chi connectivity index (χ0v) is 18.0. The molecule has 3 saturated heterocycles. The fourth-order valence-corrected chi connectivity index (χ4v) is 6.17. The number of carbonyl (C=O) groups is 1. The molecule has 0 aliphatic carbocycles. The van der Waals surface area contributed by atoms with Crippen LogP contribution in [0.4, 0.5) is 5.69 Å². The van der Waals surface area contributed by atoms with E-state index in [2.05, 4.69) is 72.4 Å². The Balaban J connectivity index is 1.41. The third-order valence-corrected chi connectivity index (χ3v) is 7.98. The molecule has 2 aromatic carbocycles. The first-order valence-corrected chi connectivity index (χ1v) is 11.5. The van der Waals surface area contributed by atoms with Crippen molar-refractivity contribution >= 4 is 32.9 Å². The highest BCUT2D eigenvalue weighted by Gasteiger charge is 2.35. The lowest BCUT2D eigenvalue weighted by atomic mass is 9.76. The van der Waals surface area contributed by atoms with Gasteiger partial charge in [-0.05, 0) is 72.5 Å². The van der Waals surface area contributed by atoms with E-state index in [0.29, 0.717) is 18.1 Å². The predicted octanol–water partition coefficient (Wildman–Crippen LogP) is 5.55. The molecule has 0 saturated carbocycles. The second-order valence-corrected chi connectivity index (χ2v) is 9.85. The minimum atomic E-state index is 0.332. The van der Waals surface area contributed by atoms with E-state index in [1.807, 2.05) is 0 Å². The van der Waals surface area contributed by atoms with E-state index in [1.54, 1.807) is 11.3 Å². The molecular formula is C25H28N2OS. The molecule has 3 aliphatic rings. The molecule has 0 N–H and O–H groups in total. The highest BCUT2D eigenvalue weighted by atomic mass is 32.1. The lowest BCUT2D eigenvalue weighted by molar-refractivity contribution is 0.0442. The van der Waals surface area contributed by atoms with Crippen molar-refractivity contribution in [2.75, 3.05) is 38.6 Å². The van der Waals surface area contributed by atoms with Crippen molar-refractivity contribution in [1.82, 2.24) is 4.90 Å². The summed E-state index contributed by atoms with van der Waals surface area (Å²) in [4.78, 5) is 18.7. The average Bonchev–Trinajstić information content (AvgIpc) is 3.19. The molecule has 3 aliphatic heterocycles. The van der Waals surface area contributed by atoms with Gasteiger partial charge in [-0.2, -0.15) is 0 Å². The van der Waals surface area contributed by atoms with E-state index < -0.39 is 0 Å². The molecular weight excluding hydrogens is 376 g/mol. The van der Waals surface area contributed by atoms with Crippen LogP contribution >= 0.6 is 11.3 Å². The zero-order chi connectivity index (χ0) is 20.0. The number of hydrogen-bond donors (Lipinski definition) is 0. The molecule has 6 rings (SSSR count). The summed E-state index contributed by atoms with van der Waals surface area (Å²) >= 11 is 1.67. The monoisotopic (exact) mass is 404 g/mol. The van der Waals surface area contributed by atoms with Crippen LogP contribution in [0, 0.1) is 11.8 Å². The van der Waals surface area contributed by atoms with Crippen molar-refractivity contribution in [3.63, 3.8) is 0 Å². The molecule has 1 aromatic heterocycles. The second kappa shape index (κ2) is 7.58. The van der Waals surface area contributed by atoms with Gasteiger partial charge in [0.15, 0.2) is 5.78 Å². The summed E-state index contributed by atoms with van der Waals surface area (Å²) in [6.07, 6.45) is 3.26. The number of piperidine rings is 3. The Morgan fingerprint density at radius 2 is 1.86 bits per heavy atom. The average molecular weight is 405 g/mol. The van der Waals surface area contributed by atoms with Gasteiger partial charge in [0.1, 0.15) is 0 Å². The van der Waals surface area contributed by atoms with Gasteiger partial charge in [0.25, 0.3) is 0 Å². The fraction of sp³-hybridized carbons (Fsp3) is 0.400. The quantitative estimate of drug-likeness (QED) is 0.521. The first kappa shape index (κ1) is 18.8. The standard InChI is InChI=1S/C25H28N2OS/c1-26(2)21-8-6-18(7-9-21)22-5-3-4-19-15-24(29-25(19)22)23(28)14-20-16-27-12-10-17(20)11-13-27/h3-9,15,17,20H,10-14,16H2,1-2H3/t20-/m0/s1. The first-order valence-electron chi connectivity index (χ1n) is 10.6. The van der Waals surface area contributed by atoms with Crippen LogP contribution in [0.25, 0.3) is 21.2 Å². The predicted molar refractivity (Wildman–Crippen MR) is 123 cm³/mol. The van der Waals surface area contributed by atoms with Crippen LogP contribution in [-0.2, 0) is 0 Å². The van der Waals surface area contributed by atoms with Crippen LogP contribution in [-0.4, -0.2) is 44.4 Å². The normalized spacial score (nSPS) is 23.4. The van der Waals surface area contributed by atoms with Gasteiger partial charge < -0.3 is 9.80 Å². The van der Waals surface area contributed by atoms with Crippen molar-refractivity contribution in [3.05, 3.63) is 53.4 Å². The van der Waals surface area contributed by atoms with Crippen LogP contribution in [0.3, 0.4) is 0 Å². The number of hydrogen-bond acceptors (Lipinski definition) is 4. The van der Waals surface area contributed by atoms with E-state index in [4.69, 9.17) is 0 Å². The zero-order valence-electron chi connectivity index (χ0n) is 17.2. The Morgan fingerprint density at radius 1 is 1.10 bits per heavy atom. The van der Waals surface area contributed by atoms with Gasteiger partial charge in [-0.25, -0.2) is 0 Å². The molecule has 4 heterocycles. The summed E-state index contributed by atoms with van der Waals surface area (Å²) < 4.78 is 1.22. The third-order valence-electron chi connectivity index (χ3n) is 6.75. The Morgan fingerprint density at radius 3 is 2.52 bits per heavy atom. The number of ketones is 1. The van der Waals surface area contributed by atoms with Gasteiger partial charge in [0, 0.05) is 37.4 Å². The number of nitrogens with zero attached hydrogens (tertiary/aromatic N) is 2. The Hall–Kier alpha value is -2.17. The molecule has 0 amide bonds. The third kappa shape index (κ3) is 3.60. The molecule has 150 valence electrons. The Kier molecular flexibility index (Phi) is 4.92. The van der Waals surface area contributed by atoms with Crippen LogP contribution in [0.2, 0.25) is 0 Å². The number of carbonyl (C=O) groups excluding carboxylic acids is 1. The van der Waals surface area contributed by atoms with E-state index in [-0.39, 0.29) is 0 Å². The summed E-state index contributed by atoms with van der Waals surface area (Å²) in [5.74, 6) is 1.64. The summed E-state index contributed by atoms with van der Waals surface area (Å²) in [6.45, 7) is 3.58. The van der Waals surface area contributed by atoms with E-state index in [9.17, 15) is 4.79 Å². The minimum Gasteiger partial charge on any atom is -0.378 e. The Bertz CT molecular complexity index is 1030. The summed E-state index contributed by atoms with van der Waals surface area (Å²) in [5, 5.41) is 1.18. The van der Waals surface area contributed by atoms with E-state index in [0.717, 1.165) is 17.3 Å². The van der Waals surface area contributed by atoms with Crippen molar-refractivity contribution in [2.45, 2.75) is 19.3 Å². The van der Waals surface area contributed by atoms with Gasteiger partial charge in [0.05, 0.1) is 4.88 Å². The molecule has 4 heteroatoms. The van der Waals surface area contributed by atoms with Crippen LogP contribution in [0.5, 0.6) is 0 Å². The maximum atomic E-state index is 13.1. The van der Waals surface area contributed by atoms with Crippen molar-refractivity contribution in [2.24, 2.45) is 11.8 Å². The molecule has 29 heavy (non-hydrogen) atoms. The van der Waals surface area contributed by atoms with Gasteiger partial charge in [-0.1, -0.05) is 30.3 Å². The summed E-state index contributed by atoms with van der Waals surface area (Å²) in [6, 6.07) is 17.2. The maximum absolute atomic E-state index is 13.1. The number of anilines is 1. The molecule has 3 aromatic rings. The number of thiophene rings is 1. The van der Waals surface area contributed by atoms with E-state index >= 15 is 0 Å². The smallest absolute Gasteiger partial charge is 0.173 e. The minimum absolute atomic E-state index is 0.332. The first-order chi connectivity index (χ1) is 14.1. The van der Waals surface area contributed by atoms with Gasteiger partial charge in [0.2, 0.25) is 0 Å². The summed E-state index contributed by atoms with van der Waals surface area (Å²) in [5.41, 5.74) is 3.62. The topological polar surface area (TPSA) is 23.6 Å². The number of Topliss-reactive ketones (excluding diaryl/α,β-unsaturated/α-hetero) is 1. The second-order valence-electron chi connectivity index (χ2n) is 8.80. The molecule has 2 bridgehead atoms. The lowest BCUT2D eigenvalue weighted by Crippen LogP contribution is -2.47. The van der Waals surface area contributed by atoms with Crippen molar-refractivity contribution in [3.8, 4) is 11.1 Å². The summed E-state index contributed by atoms with van der Waals surface area (Å²) in [7, 11) is 4.12.